The number of rotatable bonds is 8. The van der Waals surface area contributed by atoms with E-state index in [4.69, 9.17) is 0 Å². The predicted molar refractivity (Wildman–Crippen MR) is 196 cm³/mol. The van der Waals surface area contributed by atoms with Gasteiger partial charge in [0.1, 0.15) is 0 Å². The fraction of sp³-hybridized carbons (Fsp3) is 0.289. The molecule has 2 aliphatic rings. The average molecular weight is 966 g/mol. The van der Waals surface area contributed by atoms with Crippen LogP contribution in [-0.4, -0.2) is 22.6 Å². The molecule has 7 nitrogen and oxygen atoms in total. The second kappa shape index (κ2) is 16.9. The number of carbonyl (C=O) groups excluding carboxylic acids is 1. The van der Waals surface area contributed by atoms with E-state index in [2.05, 4.69) is 25.4 Å². The molecule has 0 fully saturated rings. The number of hydrogen-bond acceptors (Lipinski definition) is 5. The molecule has 2 atom stereocenters. The Morgan fingerprint density at radius 2 is 0.950 bits per heavy atom. The molecule has 0 saturated carbocycles. The summed E-state index contributed by atoms with van der Waals surface area (Å²) in [6, 6.07) is 9.11. The van der Waals surface area contributed by atoms with Crippen LogP contribution < -0.4 is 9.44 Å². The Labute approximate surface area is 343 Å². The molecule has 324 valence electrons. The summed E-state index contributed by atoms with van der Waals surface area (Å²) in [7, 11) is -9.32. The van der Waals surface area contributed by atoms with Gasteiger partial charge in [-0.2, -0.15) is 52.7 Å². The summed E-state index contributed by atoms with van der Waals surface area (Å²) in [5.41, 5.74) is -3.26. The van der Waals surface area contributed by atoms with Crippen molar-refractivity contribution in [3.8, 4) is 0 Å². The minimum Gasteiger partial charge on any atom is -0.295 e. The van der Waals surface area contributed by atoms with Gasteiger partial charge in [-0.1, -0.05) is 46.3 Å². The smallest absolute Gasteiger partial charge is 0.295 e. The molecule has 0 saturated heterocycles. The Kier molecular flexibility index (Phi) is 13.2. The van der Waals surface area contributed by atoms with Gasteiger partial charge in [-0.05, 0) is 115 Å². The van der Waals surface area contributed by atoms with E-state index < -0.39 is 88.9 Å². The van der Waals surface area contributed by atoms with Crippen LogP contribution in [0.1, 0.15) is 81.9 Å². The number of aryl methyl sites for hydroxylation is 2. The van der Waals surface area contributed by atoms with Gasteiger partial charge in [0.25, 0.3) is 0 Å². The Hall–Kier alpha value is -4.25. The van der Waals surface area contributed by atoms with Crippen LogP contribution in [0.25, 0.3) is 6.08 Å². The number of halogens is 13. The number of sulfonamides is 2. The first-order valence-electron chi connectivity index (χ1n) is 17.2. The third-order valence-electron chi connectivity index (χ3n) is 9.28. The predicted octanol–water partition coefficient (Wildman–Crippen LogP) is 10.7. The molecule has 0 aromatic heterocycles. The summed E-state index contributed by atoms with van der Waals surface area (Å²) in [6.07, 6.45) is -16.0. The largest absolute Gasteiger partial charge is 0.416 e. The van der Waals surface area contributed by atoms with Crippen LogP contribution in [0.5, 0.6) is 0 Å². The first kappa shape index (κ1) is 46.8. The average Bonchev–Trinajstić information content (AvgIpc) is 3.71. The molecular formula is C38H29BrF12N2O5S2. The lowest BCUT2D eigenvalue weighted by molar-refractivity contribution is -0.145. The van der Waals surface area contributed by atoms with Crippen molar-refractivity contribution >= 4 is 47.8 Å². The molecule has 22 heteroatoms. The van der Waals surface area contributed by atoms with Gasteiger partial charge in [-0.25, -0.2) is 26.3 Å². The summed E-state index contributed by atoms with van der Waals surface area (Å²) in [5.74, 6) is -0.157. The van der Waals surface area contributed by atoms with Gasteiger partial charge in [0, 0.05) is 16.6 Å². The molecule has 0 radical (unpaired) electrons. The number of fused-ring (bicyclic) bond motifs is 2. The van der Waals surface area contributed by atoms with Crippen molar-refractivity contribution in [1.82, 2.24) is 9.44 Å². The number of hydrogen-bond donors (Lipinski definition) is 2. The zero-order valence-electron chi connectivity index (χ0n) is 30.3. The van der Waals surface area contributed by atoms with Crippen molar-refractivity contribution in [1.29, 1.82) is 0 Å². The Balaban J connectivity index is 0.000000230. The van der Waals surface area contributed by atoms with Gasteiger partial charge in [0.2, 0.25) is 20.0 Å². The first-order valence-corrected chi connectivity index (χ1v) is 20.9. The lowest BCUT2D eigenvalue weighted by Crippen LogP contribution is -2.28. The van der Waals surface area contributed by atoms with Gasteiger partial charge in [0.05, 0.1) is 32.0 Å². The van der Waals surface area contributed by atoms with E-state index in [1.54, 1.807) is 42.5 Å². The number of nitrogens with one attached hydrogen (secondary N) is 2. The lowest BCUT2D eigenvalue weighted by atomic mass is 10.0. The third-order valence-corrected chi connectivity index (χ3v) is 12.7. The van der Waals surface area contributed by atoms with E-state index in [0.29, 0.717) is 36.0 Å². The quantitative estimate of drug-likeness (QED) is 0.135. The molecule has 0 amide bonds. The molecule has 2 unspecified atom stereocenters. The molecule has 4 aromatic carbocycles. The molecule has 2 N–H and O–H groups in total. The maximum absolute atomic E-state index is 13.1. The van der Waals surface area contributed by atoms with E-state index >= 15 is 0 Å². The minimum atomic E-state index is -5.16. The summed E-state index contributed by atoms with van der Waals surface area (Å²) in [6.45, 7) is 1.38. The number of carbonyl (C=O) groups is 1. The fourth-order valence-electron chi connectivity index (χ4n) is 6.46. The molecule has 6 rings (SSSR count). The second-order valence-corrected chi connectivity index (χ2v) is 18.0. The summed E-state index contributed by atoms with van der Waals surface area (Å²) in [5, 5.41) is 0. The highest BCUT2D eigenvalue weighted by molar-refractivity contribution is 9.10. The highest BCUT2D eigenvalue weighted by atomic mass is 79.9. The zero-order chi connectivity index (χ0) is 44.8. The van der Waals surface area contributed by atoms with E-state index in [0.717, 1.165) is 15.6 Å². The Morgan fingerprint density at radius 3 is 1.32 bits per heavy atom. The second-order valence-electron chi connectivity index (χ2n) is 13.7. The highest BCUT2D eigenvalue weighted by Gasteiger charge is 2.41. The fourth-order valence-corrected chi connectivity index (χ4v) is 9.51. The third kappa shape index (κ3) is 11.4. The summed E-state index contributed by atoms with van der Waals surface area (Å²) < 4.78 is 212. The zero-order valence-corrected chi connectivity index (χ0v) is 33.6. The molecule has 0 aliphatic heterocycles. The molecule has 0 spiro atoms. The topological polar surface area (TPSA) is 109 Å². The monoisotopic (exact) mass is 964 g/mol. The van der Waals surface area contributed by atoms with Crippen LogP contribution in [0, 0.1) is 0 Å². The first-order chi connectivity index (χ1) is 27.4. The van der Waals surface area contributed by atoms with Crippen molar-refractivity contribution in [2.75, 3.05) is 0 Å². The molecule has 4 aromatic rings. The maximum Gasteiger partial charge on any atom is 0.416 e. The molecule has 60 heavy (non-hydrogen) atoms. The normalized spacial score (nSPS) is 17.3. The van der Waals surface area contributed by atoms with Crippen LogP contribution in [0.4, 0.5) is 52.7 Å². The van der Waals surface area contributed by atoms with Crippen LogP contribution in [-0.2, 0) is 62.4 Å². The van der Waals surface area contributed by atoms with Gasteiger partial charge in [-0.3, -0.25) is 4.79 Å². The Morgan fingerprint density at radius 1 is 0.583 bits per heavy atom. The molecule has 2 aliphatic carbocycles. The molecule has 0 heterocycles. The SMILES string of the molecule is CC(=O)/C=C/c1ccc2c(c1)CCC2NS(=O)(=O)c1cc(C(F)(F)F)cc(C(F)(F)F)c1.O=S(=O)(NC1CCc2cc(Br)ccc21)c1cc(C(F)(F)F)cc(C(F)(F)F)c1. The van der Waals surface area contributed by atoms with Crippen molar-refractivity contribution in [2.45, 2.75) is 79.2 Å². The standard InChI is InChI=1S/C21H17F6NO3S.C17H12BrF6NO2S/c1-12(29)2-3-13-4-6-18-14(8-13)5-7-19(18)28-32(30,31)17-10-15(20(22,23)24)9-16(11-17)21(25,26)27;18-12-2-3-14-9(5-12)1-4-15(14)25-28(26,27)13-7-10(16(19,20)21)6-11(8-13)17(22,23)24/h2-4,6,8-11,19,28H,5,7H2,1H3;2-3,5-8,15,25H,1,4H2/b3-2+;. The highest BCUT2D eigenvalue weighted by Crippen LogP contribution is 2.41. The van der Waals surface area contributed by atoms with Crippen LogP contribution in [0.2, 0.25) is 0 Å². The number of ketones is 1. The maximum atomic E-state index is 13.1. The minimum absolute atomic E-state index is 0.110. The van der Waals surface area contributed by atoms with Crippen LogP contribution >= 0.6 is 15.9 Å². The number of benzene rings is 4. The van der Waals surface area contributed by atoms with Gasteiger partial charge < -0.3 is 0 Å². The van der Waals surface area contributed by atoms with E-state index in [1.165, 1.54) is 13.0 Å². The molecular weight excluding hydrogens is 936 g/mol. The van der Waals surface area contributed by atoms with Crippen molar-refractivity contribution in [3.05, 3.63) is 133 Å². The van der Waals surface area contributed by atoms with Crippen molar-refractivity contribution in [2.24, 2.45) is 0 Å². The van der Waals surface area contributed by atoms with Gasteiger partial charge in [-0.15, -0.1) is 0 Å². The van der Waals surface area contributed by atoms with Crippen LogP contribution in [0.3, 0.4) is 0 Å². The number of allylic oxidation sites excluding steroid dienone is 1. The van der Waals surface area contributed by atoms with Gasteiger partial charge in [0.15, 0.2) is 5.78 Å². The van der Waals surface area contributed by atoms with E-state index in [-0.39, 0.29) is 48.6 Å². The summed E-state index contributed by atoms with van der Waals surface area (Å²) in [4.78, 5) is 8.86. The van der Waals surface area contributed by atoms with E-state index in [1.807, 2.05) is 0 Å². The van der Waals surface area contributed by atoms with Crippen molar-refractivity contribution in [3.63, 3.8) is 0 Å². The number of alkyl halides is 12. The summed E-state index contributed by atoms with van der Waals surface area (Å²) >= 11 is 3.28. The Bertz CT molecular complexity index is 2490. The van der Waals surface area contributed by atoms with Gasteiger partial charge >= 0.3 is 24.7 Å². The van der Waals surface area contributed by atoms with E-state index in [9.17, 15) is 74.3 Å². The van der Waals surface area contributed by atoms with Crippen molar-refractivity contribution < 1.29 is 74.3 Å². The molecule has 0 bridgehead atoms. The van der Waals surface area contributed by atoms with Crippen LogP contribution in [0.15, 0.2) is 93.1 Å². The lowest BCUT2D eigenvalue weighted by Gasteiger charge is -2.17.